The van der Waals surface area contributed by atoms with Crippen LogP contribution in [0, 0.1) is 25.6 Å². The highest BCUT2D eigenvalue weighted by atomic mass is 19.3. The summed E-state index contributed by atoms with van der Waals surface area (Å²) < 4.78 is 47.3. The van der Waals surface area contributed by atoms with E-state index in [1.54, 1.807) is 17.0 Å². The number of epoxide rings is 1. The maximum atomic E-state index is 13.9. The van der Waals surface area contributed by atoms with Crippen LogP contribution in [0.1, 0.15) is 73.8 Å². The zero-order valence-corrected chi connectivity index (χ0v) is 24.4. The summed E-state index contributed by atoms with van der Waals surface area (Å²) in [6.45, 7) is 10.6. The zero-order valence-electron chi connectivity index (χ0n) is 24.4. The van der Waals surface area contributed by atoms with Crippen molar-refractivity contribution in [1.82, 2.24) is 14.7 Å². The molecular weight excluding hydrogens is 527 g/mol. The SMILES string of the molecule is Cc1cccc(C)c1C1OC1N1CCC(C)(N2CCC(N(Cc3cccc(F)c3)C(=O)C3CC(F)(F)C3)CC2)CC1. The van der Waals surface area contributed by atoms with Crippen molar-refractivity contribution in [2.75, 3.05) is 26.2 Å². The number of benzene rings is 2. The number of carbonyl (C=O) groups excluding carboxylic acids is 1. The van der Waals surface area contributed by atoms with Gasteiger partial charge in [0.2, 0.25) is 11.8 Å². The molecule has 3 heterocycles. The summed E-state index contributed by atoms with van der Waals surface area (Å²) in [5.74, 6) is -3.95. The summed E-state index contributed by atoms with van der Waals surface area (Å²) in [5, 5.41) is 0. The third-order valence-electron chi connectivity index (χ3n) is 10.2. The molecule has 2 atom stereocenters. The van der Waals surface area contributed by atoms with E-state index in [1.165, 1.54) is 28.8 Å². The lowest BCUT2D eigenvalue weighted by atomic mass is 9.79. The minimum absolute atomic E-state index is 0.0297. The average molecular weight is 570 g/mol. The van der Waals surface area contributed by atoms with Crippen molar-refractivity contribution in [2.45, 2.75) is 95.7 Å². The largest absolute Gasteiger partial charge is 0.348 e. The summed E-state index contributed by atoms with van der Waals surface area (Å²) >= 11 is 0. The van der Waals surface area contributed by atoms with Crippen LogP contribution in [0.3, 0.4) is 0 Å². The molecule has 2 aromatic rings. The molecule has 2 aromatic carbocycles. The molecule has 4 aliphatic rings. The van der Waals surface area contributed by atoms with Gasteiger partial charge >= 0.3 is 0 Å². The normalized spacial score (nSPS) is 26.9. The van der Waals surface area contributed by atoms with Crippen LogP contribution in [0.5, 0.6) is 0 Å². The van der Waals surface area contributed by atoms with Gasteiger partial charge in [0.05, 0.1) is 0 Å². The lowest BCUT2D eigenvalue weighted by Gasteiger charge is -2.50. The van der Waals surface area contributed by atoms with E-state index < -0.39 is 11.8 Å². The first-order valence-electron chi connectivity index (χ1n) is 15.2. The summed E-state index contributed by atoms with van der Waals surface area (Å²) in [7, 11) is 0. The average Bonchev–Trinajstić information content (AvgIpc) is 3.71. The number of piperidine rings is 2. The smallest absolute Gasteiger partial charge is 0.249 e. The predicted octanol–water partition coefficient (Wildman–Crippen LogP) is 6.23. The third-order valence-corrected chi connectivity index (χ3v) is 10.2. The standard InChI is InChI=1S/C33H42F3N3O2/c1-22-6-4-7-23(2)28(22)29-31(41-29)37-16-12-32(3,13-17-37)38-14-10-27(11-15-38)39(21-24-8-5-9-26(34)18-24)30(40)25-19-33(35,36)20-25/h4-9,18,25,27,29,31H,10-17,19-21H2,1-3H3. The summed E-state index contributed by atoms with van der Waals surface area (Å²) in [5.41, 5.74) is 4.69. The fourth-order valence-electron chi connectivity index (χ4n) is 7.45. The van der Waals surface area contributed by atoms with Crippen LogP contribution in [0.4, 0.5) is 13.2 Å². The number of nitrogens with zero attached hydrogens (tertiary/aromatic N) is 3. The van der Waals surface area contributed by atoms with Crippen LogP contribution in [0.2, 0.25) is 0 Å². The Labute approximate surface area is 241 Å². The van der Waals surface area contributed by atoms with Gasteiger partial charge in [-0.25, -0.2) is 13.2 Å². The Morgan fingerprint density at radius 3 is 2.24 bits per heavy atom. The van der Waals surface area contributed by atoms with E-state index in [1.807, 2.05) is 0 Å². The number of aryl methyl sites for hydroxylation is 2. The van der Waals surface area contributed by atoms with Gasteiger partial charge in [0.15, 0.2) is 0 Å². The zero-order chi connectivity index (χ0) is 28.9. The first-order chi connectivity index (χ1) is 19.5. The second-order valence-electron chi connectivity index (χ2n) is 13.1. The summed E-state index contributed by atoms with van der Waals surface area (Å²) in [6, 6.07) is 12.6. The molecule has 0 bridgehead atoms. The Balaban J connectivity index is 1.06. The van der Waals surface area contributed by atoms with Crippen LogP contribution in [-0.2, 0) is 16.1 Å². The molecule has 1 saturated carbocycles. The quantitative estimate of drug-likeness (QED) is 0.371. The monoisotopic (exact) mass is 569 g/mol. The fourth-order valence-corrected chi connectivity index (χ4v) is 7.45. The number of hydrogen-bond donors (Lipinski definition) is 0. The summed E-state index contributed by atoms with van der Waals surface area (Å²) in [6.07, 6.45) is 3.26. The Bertz CT molecular complexity index is 1240. The second-order valence-corrected chi connectivity index (χ2v) is 13.1. The molecule has 4 fully saturated rings. The van der Waals surface area contributed by atoms with Gasteiger partial charge in [-0.3, -0.25) is 14.6 Å². The molecule has 3 aliphatic heterocycles. The Morgan fingerprint density at radius 2 is 1.63 bits per heavy atom. The predicted molar refractivity (Wildman–Crippen MR) is 152 cm³/mol. The van der Waals surface area contributed by atoms with Gasteiger partial charge < -0.3 is 9.64 Å². The second kappa shape index (κ2) is 11.0. The maximum Gasteiger partial charge on any atom is 0.249 e. The van der Waals surface area contributed by atoms with Crippen molar-refractivity contribution < 1.29 is 22.7 Å². The van der Waals surface area contributed by atoms with E-state index >= 15 is 0 Å². The molecule has 6 rings (SSSR count). The van der Waals surface area contributed by atoms with E-state index in [0.29, 0.717) is 5.56 Å². The third kappa shape index (κ3) is 5.93. The molecule has 0 aromatic heterocycles. The Kier molecular flexibility index (Phi) is 7.70. The van der Waals surface area contributed by atoms with Crippen molar-refractivity contribution in [1.29, 1.82) is 0 Å². The Morgan fingerprint density at radius 1 is 1.00 bits per heavy atom. The van der Waals surface area contributed by atoms with Crippen molar-refractivity contribution in [3.8, 4) is 0 Å². The number of alkyl halides is 2. The first-order valence-corrected chi connectivity index (χ1v) is 15.2. The van der Waals surface area contributed by atoms with Crippen molar-refractivity contribution >= 4 is 5.91 Å². The number of ether oxygens (including phenoxy) is 1. The Hall–Kier alpha value is -2.42. The molecule has 8 heteroatoms. The van der Waals surface area contributed by atoms with Gasteiger partial charge in [0.25, 0.3) is 0 Å². The lowest BCUT2D eigenvalue weighted by Crippen LogP contribution is -2.58. The van der Waals surface area contributed by atoms with Crippen LogP contribution in [0.15, 0.2) is 42.5 Å². The van der Waals surface area contributed by atoms with Crippen LogP contribution in [-0.4, -0.2) is 70.5 Å². The van der Waals surface area contributed by atoms with Gasteiger partial charge in [-0.1, -0.05) is 30.3 Å². The minimum Gasteiger partial charge on any atom is -0.348 e. The summed E-state index contributed by atoms with van der Waals surface area (Å²) in [4.78, 5) is 20.2. The molecule has 1 aliphatic carbocycles. The fraction of sp³-hybridized carbons (Fsp3) is 0.606. The van der Waals surface area contributed by atoms with Crippen molar-refractivity contribution in [3.05, 3.63) is 70.5 Å². The molecule has 5 nitrogen and oxygen atoms in total. The van der Waals surface area contributed by atoms with Crippen LogP contribution < -0.4 is 0 Å². The maximum absolute atomic E-state index is 13.9. The lowest BCUT2D eigenvalue weighted by molar-refractivity contribution is -0.163. The molecule has 3 saturated heterocycles. The molecule has 0 spiro atoms. The van der Waals surface area contributed by atoms with E-state index in [4.69, 9.17) is 4.74 Å². The van der Waals surface area contributed by atoms with Crippen molar-refractivity contribution in [2.24, 2.45) is 5.92 Å². The first kappa shape index (κ1) is 28.7. The van der Waals surface area contributed by atoms with Gasteiger partial charge in [0, 0.05) is 63.1 Å². The van der Waals surface area contributed by atoms with Gasteiger partial charge in [0.1, 0.15) is 18.1 Å². The number of carbonyl (C=O) groups is 1. The van der Waals surface area contributed by atoms with Crippen molar-refractivity contribution in [3.63, 3.8) is 0 Å². The number of likely N-dealkylation sites (tertiary alicyclic amines) is 2. The van der Waals surface area contributed by atoms with Crippen LogP contribution in [0.25, 0.3) is 0 Å². The molecule has 0 radical (unpaired) electrons. The van der Waals surface area contributed by atoms with Gasteiger partial charge in [-0.2, -0.15) is 0 Å². The highest BCUT2D eigenvalue weighted by Gasteiger charge is 2.51. The number of rotatable bonds is 7. The minimum atomic E-state index is -2.75. The molecule has 2 unspecified atom stereocenters. The van der Waals surface area contributed by atoms with E-state index in [2.05, 4.69) is 48.8 Å². The van der Waals surface area contributed by atoms with E-state index in [-0.39, 0.29) is 55.0 Å². The number of amides is 1. The molecule has 0 N–H and O–H groups in total. The molecule has 41 heavy (non-hydrogen) atoms. The topological polar surface area (TPSA) is 39.3 Å². The highest BCUT2D eigenvalue weighted by molar-refractivity contribution is 5.80. The van der Waals surface area contributed by atoms with Gasteiger partial charge in [-0.15, -0.1) is 0 Å². The van der Waals surface area contributed by atoms with Crippen LogP contribution >= 0.6 is 0 Å². The highest BCUT2D eigenvalue weighted by Crippen LogP contribution is 2.46. The van der Waals surface area contributed by atoms with E-state index in [0.717, 1.165) is 51.9 Å². The molecule has 222 valence electrons. The number of halogens is 3. The van der Waals surface area contributed by atoms with Gasteiger partial charge in [-0.05, 0) is 80.8 Å². The number of hydrogen-bond acceptors (Lipinski definition) is 4. The van der Waals surface area contributed by atoms with E-state index in [9.17, 15) is 18.0 Å². The molecular formula is C33H42F3N3O2. The molecule has 1 amide bonds.